The average molecular weight is 452 g/mol. The number of carbonyl (C=O) groups is 2. The van der Waals surface area contributed by atoms with E-state index in [1.807, 2.05) is 10.7 Å². The lowest BCUT2D eigenvalue weighted by Gasteiger charge is -2.19. The molecule has 2 rings (SSSR count). The van der Waals surface area contributed by atoms with Gasteiger partial charge in [0.2, 0.25) is 0 Å². The molecule has 0 spiro atoms. The van der Waals surface area contributed by atoms with Gasteiger partial charge in [-0.1, -0.05) is 41.4 Å². The number of ether oxygens (including phenoxy) is 1. The number of para-hydroxylation sites is 2. The molecule has 2 amide bonds. The van der Waals surface area contributed by atoms with Crippen LogP contribution in [0.15, 0.2) is 47.6 Å². The maximum atomic E-state index is 13.1. The average Bonchev–Trinajstić information content (AvgIpc) is 2.64. The minimum Gasteiger partial charge on any atom is -0.426 e. The molecule has 0 aromatic heterocycles. The van der Waals surface area contributed by atoms with Crippen LogP contribution in [-0.4, -0.2) is 30.6 Å². The second-order valence-electron chi connectivity index (χ2n) is 5.28. The van der Waals surface area contributed by atoms with Crippen molar-refractivity contribution < 1.29 is 31.9 Å². The predicted molar refractivity (Wildman–Crippen MR) is 98.8 cm³/mol. The van der Waals surface area contributed by atoms with Crippen LogP contribution in [0.3, 0.4) is 0 Å². The molecule has 0 unspecified atom stereocenters. The number of benzene rings is 2. The quantitative estimate of drug-likeness (QED) is 0.297. The molecule has 12 heteroatoms. The first kappa shape index (κ1) is 22.4. The molecule has 2 aromatic rings. The third kappa shape index (κ3) is 6.33. The third-order valence-electron chi connectivity index (χ3n) is 3.17. The van der Waals surface area contributed by atoms with Crippen LogP contribution in [0.5, 0.6) is 5.75 Å². The van der Waals surface area contributed by atoms with Crippen LogP contribution in [-0.2, 0) is 9.59 Å². The van der Waals surface area contributed by atoms with E-state index < -0.39 is 35.8 Å². The van der Waals surface area contributed by atoms with Crippen LogP contribution in [0, 0.1) is 0 Å². The highest BCUT2D eigenvalue weighted by molar-refractivity contribution is 6.40. The molecule has 0 saturated heterocycles. The van der Waals surface area contributed by atoms with Crippen molar-refractivity contribution in [3.05, 3.63) is 58.1 Å². The number of carbonyl (C=O) groups excluding carboxylic acids is 2. The van der Waals surface area contributed by atoms with E-state index >= 15 is 0 Å². The molecule has 0 aliphatic heterocycles. The van der Waals surface area contributed by atoms with Crippen LogP contribution in [0.4, 0.5) is 23.2 Å². The molecule has 2 N–H and O–H groups in total. The Morgan fingerprint density at radius 2 is 1.79 bits per heavy atom. The first-order valence-electron chi connectivity index (χ1n) is 7.63. The molecule has 0 atom stereocenters. The Bertz CT molecular complexity index is 942. The zero-order valence-electron chi connectivity index (χ0n) is 14.1. The van der Waals surface area contributed by atoms with Crippen LogP contribution in [0.1, 0.15) is 5.56 Å². The van der Waals surface area contributed by atoms with Crippen molar-refractivity contribution in [2.45, 2.75) is 12.5 Å². The summed E-state index contributed by atoms with van der Waals surface area (Å²) in [5.74, 6) is -3.32. The van der Waals surface area contributed by atoms with Gasteiger partial charge in [0.25, 0.3) is 0 Å². The van der Waals surface area contributed by atoms with Gasteiger partial charge in [-0.05, 0) is 24.3 Å². The van der Waals surface area contributed by atoms with E-state index in [-0.39, 0.29) is 5.02 Å². The van der Waals surface area contributed by atoms with Crippen molar-refractivity contribution >= 4 is 46.9 Å². The minimum absolute atomic E-state index is 0.242. The molecule has 0 bridgehead atoms. The Hall–Kier alpha value is -2.85. The number of halogens is 6. The summed E-state index contributed by atoms with van der Waals surface area (Å²) in [5, 5.41) is 6.13. The Morgan fingerprint density at radius 3 is 2.45 bits per heavy atom. The summed E-state index contributed by atoms with van der Waals surface area (Å²) in [7, 11) is 0. The number of hydrogen-bond donors (Lipinski definition) is 2. The Labute approximate surface area is 171 Å². The van der Waals surface area contributed by atoms with Gasteiger partial charge in [0.1, 0.15) is 5.75 Å². The highest BCUT2D eigenvalue weighted by Gasteiger charge is 2.44. The molecule has 0 aliphatic rings. The van der Waals surface area contributed by atoms with Gasteiger partial charge in [0, 0.05) is 10.6 Å². The summed E-state index contributed by atoms with van der Waals surface area (Å²) < 4.78 is 54.7. The van der Waals surface area contributed by atoms with Crippen molar-refractivity contribution in [1.29, 1.82) is 0 Å². The molecule has 6 nitrogen and oxygen atoms in total. The summed E-state index contributed by atoms with van der Waals surface area (Å²) in [6.45, 7) is 0. The summed E-state index contributed by atoms with van der Waals surface area (Å²) >= 11 is 11.7. The van der Waals surface area contributed by atoms with Crippen molar-refractivity contribution in [2.24, 2.45) is 5.10 Å². The summed E-state index contributed by atoms with van der Waals surface area (Å²) in [6.07, 6.45) is -7.74. The number of nitrogens with zero attached hydrogens (tertiary/aromatic N) is 1. The molecule has 0 heterocycles. The molecule has 154 valence electrons. The monoisotopic (exact) mass is 451 g/mol. The van der Waals surface area contributed by atoms with Gasteiger partial charge in [-0.25, -0.2) is 5.43 Å². The highest BCUT2D eigenvalue weighted by Crippen LogP contribution is 2.32. The van der Waals surface area contributed by atoms with Crippen molar-refractivity contribution in [3.63, 3.8) is 0 Å². The zero-order chi connectivity index (χ0) is 21.6. The fraction of sp³-hybridized carbons (Fsp3) is 0.118. The number of anilines is 1. The van der Waals surface area contributed by atoms with Gasteiger partial charge < -0.3 is 10.1 Å². The van der Waals surface area contributed by atoms with Crippen molar-refractivity contribution in [3.8, 4) is 5.75 Å². The van der Waals surface area contributed by atoms with E-state index in [0.29, 0.717) is 10.6 Å². The molecular weight excluding hydrogens is 441 g/mol. The van der Waals surface area contributed by atoms with Gasteiger partial charge in [-0.3, -0.25) is 9.59 Å². The van der Waals surface area contributed by atoms with E-state index in [9.17, 15) is 27.2 Å². The minimum atomic E-state index is -4.79. The van der Waals surface area contributed by atoms with E-state index in [0.717, 1.165) is 18.3 Å². The van der Waals surface area contributed by atoms with Gasteiger partial charge in [-0.15, -0.1) is 0 Å². The van der Waals surface area contributed by atoms with Crippen LogP contribution in [0.25, 0.3) is 0 Å². The summed E-state index contributed by atoms with van der Waals surface area (Å²) in [4.78, 5) is 23.7. The Kier molecular flexibility index (Phi) is 7.40. The van der Waals surface area contributed by atoms with Gasteiger partial charge in [0.15, 0.2) is 0 Å². The summed E-state index contributed by atoms with van der Waals surface area (Å²) in [6, 6.07) is 9.00. The Morgan fingerprint density at radius 1 is 1.10 bits per heavy atom. The molecule has 0 saturated carbocycles. The molecule has 0 aliphatic carbocycles. The summed E-state index contributed by atoms with van der Waals surface area (Å²) in [5.41, 5.74) is 1.87. The SMILES string of the molecule is O=C(N/N=C\c1ccc(Cl)cc1Cl)C(=O)Nc1ccccc1OC(F)(F)C(F)F. The number of hydrazone groups is 1. The standard InChI is InChI=1S/C17H11Cl2F4N3O3/c18-10-6-5-9(11(19)7-10)8-24-26-15(28)14(27)25-12-3-1-2-4-13(12)29-17(22,23)16(20)21/h1-8,16H,(H,25,27)(H,26,28)/b24-8-. The second kappa shape index (κ2) is 9.57. The molecular formula is C17H11Cl2F4N3O3. The fourth-order valence-electron chi connectivity index (χ4n) is 1.85. The Balaban J connectivity index is 2.03. The third-order valence-corrected chi connectivity index (χ3v) is 3.74. The molecule has 0 fully saturated rings. The topological polar surface area (TPSA) is 79.8 Å². The first-order chi connectivity index (χ1) is 13.6. The zero-order valence-corrected chi connectivity index (χ0v) is 15.6. The van der Waals surface area contributed by atoms with E-state index in [1.165, 1.54) is 30.3 Å². The largest absolute Gasteiger partial charge is 0.461 e. The van der Waals surface area contributed by atoms with E-state index in [2.05, 4.69) is 9.84 Å². The van der Waals surface area contributed by atoms with Crippen LogP contribution < -0.4 is 15.5 Å². The normalized spacial score (nSPS) is 11.6. The lowest BCUT2D eigenvalue weighted by molar-refractivity contribution is -0.252. The van der Waals surface area contributed by atoms with Crippen molar-refractivity contribution in [1.82, 2.24) is 5.43 Å². The predicted octanol–water partition coefficient (Wildman–Crippen LogP) is 4.32. The lowest BCUT2D eigenvalue weighted by atomic mass is 10.2. The first-order valence-corrected chi connectivity index (χ1v) is 8.39. The number of nitrogens with one attached hydrogen (secondary N) is 2. The van der Waals surface area contributed by atoms with Gasteiger partial charge >= 0.3 is 24.3 Å². The van der Waals surface area contributed by atoms with E-state index in [4.69, 9.17) is 23.2 Å². The highest BCUT2D eigenvalue weighted by atomic mass is 35.5. The van der Waals surface area contributed by atoms with Crippen molar-refractivity contribution in [2.75, 3.05) is 5.32 Å². The lowest BCUT2D eigenvalue weighted by Crippen LogP contribution is -2.35. The maximum Gasteiger partial charge on any atom is 0.461 e. The fourth-order valence-corrected chi connectivity index (χ4v) is 2.30. The smallest absolute Gasteiger partial charge is 0.426 e. The molecule has 0 radical (unpaired) electrons. The van der Waals surface area contributed by atoms with E-state index in [1.54, 1.807) is 0 Å². The van der Waals surface area contributed by atoms with Crippen LogP contribution >= 0.6 is 23.2 Å². The molecule has 2 aromatic carbocycles. The number of amides is 2. The van der Waals surface area contributed by atoms with Gasteiger partial charge in [0.05, 0.1) is 16.9 Å². The maximum absolute atomic E-state index is 13.1. The number of alkyl halides is 4. The molecule has 29 heavy (non-hydrogen) atoms. The van der Waals surface area contributed by atoms with Gasteiger partial charge in [-0.2, -0.15) is 22.7 Å². The number of hydrogen-bond acceptors (Lipinski definition) is 4. The van der Waals surface area contributed by atoms with Crippen LogP contribution in [0.2, 0.25) is 10.0 Å². The second-order valence-corrected chi connectivity index (χ2v) is 6.12. The number of rotatable bonds is 6.